The van der Waals surface area contributed by atoms with E-state index in [9.17, 15) is 19.0 Å². The minimum atomic E-state index is -4.62. The zero-order chi connectivity index (χ0) is 42.8. The highest BCUT2D eigenvalue weighted by Gasteiger charge is 2.21. The molecular weight excluding hydrogens is 750 g/mol. The molecule has 0 aliphatic rings. The van der Waals surface area contributed by atoms with E-state index in [4.69, 9.17) is 18.5 Å². The first-order valence-corrected chi connectivity index (χ1v) is 25.5. The maximum Gasteiger partial charge on any atom is 0.306 e. The predicted octanol–water partition coefficient (Wildman–Crippen LogP) is 13.3. The lowest BCUT2D eigenvalue weighted by Gasteiger charge is -2.28. The van der Waals surface area contributed by atoms with Crippen LogP contribution in [0.2, 0.25) is 0 Å². The smallest absolute Gasteiger partial charge is 0.306 e. The van der Waals surface area contributed by atoms with Crippen molar-refractivity contribution in [3.8, 4) is 0 Å². The number of esters is 2. The lowest BCUT2D eigenvalue weighted by Crippen LogP contribution is -2.37. The van der Waals surface area contributed by atoms with Gasteiger partial charge >= 0.3 is 11.9 Å². The maximum atomic E-state index is 12.7. The van der Waals surface area contributed by atoms with Crippen molar-refractivity contribution >= 4 is 19.8 Å². The molecule has 0 aliphatic heterocycles. The van der Waals surface area contributed by atoms with Crippen molar-refractivity contribution in [3.63, 3.8) is 0 Å². The highest BCUT2D eigenvalue weighted by Crippen LogP contribution is 2.38. The van der Waals surface area contributed by atoms with Crippen molar-refractivity contribution in [2.45, 2.75) is 225 Å². The maximum absolute atomic E-state index is 12.7. The van der Waals surface area contributed by atoms with Crippen LogP contribution in [-0.2, 0) is 32.7 Å². The average molecular weight is 842 g/mol. The second-order valence-corrected chi connectivity index (χ2v) is 18.9. The van der Waals surface area contributed by atoms with Crippen molar-refractivity contribution in [1.82, 2.24) is 0 Å². The van der Waals surface area contributed by atoms with Crippen molar-refractivity contribution in [2.75, 3.05) is 47.5 Å². The van der Waals surface area contributed by atoms with Gasteiger partial charge in [-0.05, 0) is 64.2 Å². The molecule has 2 atom stereocenters. The number of nitrogens with zero attached hydrogens (tertiary/aromatic N) is 1. The Labute approximate surface area is 358 Å². The molecule has 58 heavy (non-hydrogen) atoms. The number of hydrogen-bond donors (Lipinski definition) is 0. The lowest BCUT2D eigenvalue weighted by atomic mass is 10.0. The van der Waals surface area contributed by atoms with Crippen LogP contribution >= 0.6 is 7.82 Å². The number of likely N-dealkylation sites (N-methyl/N-ethyl adjacent to an activating group) is 1. The van der Waals surface area contributed by atoms with Gasteiger partial charge in [0.15, 0.2) is 6.10 Å². The summed E-state index contributed by atoms with van der Waals surface area (Å²) in [4.78, 5) is 37.6. The van der Waals surface area contributed by atoms with Crippen molar-refractivity contribution < 1.29 is 42.1 Å². The van der Waals surface area contributed by atoms with Gasteiger partial charge in [-0.2, -0.15) is 0 Å². The van der Waals surface area contributed by atoms with Crippen LogP contribution < -0.4 is 4.89 Å². The Morgan fingerprint density at radius 1 is 0.517 bits per heavy atom. The number of rotatable bonds is 44. The Morgan fingerprint density at radius 2 is 0.879 bits per heavy atom. The van der Waals surface area contributed by atoms with Gasteiger partial charge in [-0.15, -0.1) is 0 Å². The molecule has 0 saturated carbocycles. The Balaban J connectivity index is 4.25. The third-order valence-corrected chi connectivity index (χ3v) is 11.4. The molecule has 0 bridgehead atoms. The van der Waals surface area contributed by atoms with Gasteiger partial charge in [0.05, 0.1) is 27.7 Å². The molecule has 0 spiro atoms. The van der Waals surface area contributed by atoms with E-state index in [1.165, 1.54) is 128 Å². The third-order valence-electron chi connectivity index (χ3n) is 10.4. The van der Waals surface area contributed by atoms with E-state index in [0.29, 0.717) is 17.4 Å². The van der Waals surface area contributed by atoms with E-state index < -0.39 is 32.5 Å². The number of phosphoric ester groups is 1. The first-order chi connectivity index (χ1) is 28.0. The second-order valence-electron chi connectivity index (χ2n) is 17.5. The first-order valence-electron chi connectivity index (χ1n) is 24.0. The fourth-order valence-electron chi connectivity index (χ4n) is 6.64. The molecule has 0 fully saturated rings. The van der Waals surface area contributed by atoms with E-state index in [0.717, 1.165) is 57.8 Å². The number of hydrogen-bond acceptors (Lipinski definition) is 8. The molecule has 1 unspecified atom stereocenters. The number of ether oxygens (including phenoxy) is 2. The van der Waals surface area contributed by atoms with Gasteiger partial charge in [-0.25, -0.2) is 0 Å². The Hall–Kier alpha value is -1.51. The number of phosphoric acid groups is 1. The predicted molar refractivity (Wildman–Crippen MR) is 241 cm³/mol. The number of carbonyl (C=O) groups is 2. The minimum absolute atomic E-state index is 0.0307. The summed E-state index contributed by atoms with van der Waals surface area (Å²) in [5, 5.41) is 0. The quantitative estimate of drug-likeness (QED) is 0.0196. The number of unbranched alkanes of at least 4 members (excludes halogenated alkanes) is 26. The summed E-state index contributed by atoms with van der Waals surface area (Å²) in [6.07, 6.45) is 44.9. The molecule has 0 N–H and O–H groups in total. The molecule has 0 aromatic carbocycles. The van der Waals surface area contributed by atoms with E-state index >= 15 is 0 Å². The van der Waals surface area contributed by atoms with Gasteiger partial charge < -0.3 is 27.9 Å². The summed E-state index contributed by atoms with van der Waals surface area (Å²) >= 11 is 0. The minimum Gasteiger partial charge on any atom is -0.756 e. The van der Waals surface area contributed by atoms with Gasteiger partial charge in [0.2, 0.25) is 0 Å². The van der Waals surface area contributed by atoms with Crippen LogP contribution in [0.4, 0.5) is 0 Å². The number of quaternary nitrogens is 1. The van der Waals surface area contributed by atoms with Crippen LogP contribution in [-0.4, -0.2) is 70.0 Å². The van der Waals surface area contributed by atoms with Gasteiger partial charge in [0.25, 0.3) is 7.82 Å². The Morgan fingerprint density at radius 3 is 1.29 bits per heavy atom. The van der Waals surface area contributed by atoms with Crippen molar-refractivity contribution in [3.05, 3.63) is 24.3 Å². The zero-order valence-corrected chi connectivity index (χ0v) is 39.4. The van der Waals surface area contributed by atoms with Crippen molar-refractivity contribution in [2.24, 2.45) is 0 Å². The van der Waals surface area contributed by atoms with Gasteiger partial charge in [-0.3, -0.25) is 14.2 Å². The van der Waals surface area contributed by atoms with Gasteiger partial charge in [-0.1, -0.05) is 167 Å². The number of carbonyl (C=O) groups excluding carboxylic acids is 2. The SMILES string of the molecule is CCCCCC/C=C/CCCCCCCC(=O)OC[C@H](COP(=O)([O-])OCC[N+](C)(C)C)OC(=O)CCCCCCCCCCCCC/C=C/CCCCCCCC. The first kappa shape index (κ1) is 56.5. The van der Waals surface area contributed by atoms with Crippen LogP contribution in [0, 0.1) is 0 Å². The highest BCUT2D eigenvalue weighted by molar-refractivity contribution is 7.45. The monoisotopic (exact) mass is 842 g/mol. The summed E-state index contributed by atoms with van der Waals surface area (Å²) in [5.41, 5.74) is 0. The second kappa shape index (κ2) is 40.9. The lowest BCUT2D eigenvalue weighted by molar-refractivity contribution is -0.870. The molecule has 0 radical (unpaired) electrons. The highest BCUT2D eigenvalue weighted by atomic mass is 31.2. The normalized spacial score (nSPS) is 13.7. The fourth-order valence-corrected chi connectivity index (χ4v) is 7.37. The molecule has 0 rings (SSSR count). The Bertz CT molecular complexity index is 1040. The van der Waals surface area contributed by atoms with Crippen LogP contribution in [0.25, 0.3) is 0 Å². The van der Waals surface area contributed by atoms with E-state index in [1.807, 2.05) is 21.1 Å². The van der Waals surface area contributed by atoms with E-state index in [1.54, 1.807) is 0 Å². The van der Waals surface area contributed by atoms with Crippen LogP contribution in [0.3, 0.4) is 0 Å². The van der Waals surface area contributed by atoms with E-state index in [-0.39, 0.29) is 26.1 Å². The average Bonchev–Trinajstić information content (AvgIpc) is 3.17. The summed E-state index contributed by atoms with van der Waals surface area (Å²) in [5.74, 6) is -0.839. The molecule has 0 aliphatic carbocycles. The molecule has 0 aromatic heterocycles. The summed E-state index contributed by atoms with van der Waals surface area (Å²) < 4.78 is 34.0. The summed E-state index contributed by atoms with van der Waals surface area (Å²) in [6.45, 7) is 4.22. The van der Waals surface area contributed by atoms with E-state index in [2.05, 4.69) is 38.2 Å². The molecular formula is C48H92NO8P. The molecule has 0 aromatic rings. The molecule has 10 heteroatoms. The Kier molecular flexibility index (Phi) is 39.8. The summed E-state index contributed by atoms with van der Waals surface area (Å²) in [6, 6.07) is 0. The van der Waals surface area contributed by atoms with Gasteiger partial charge in [0, 0.05) is 12.8 Å². The van der Waals surface area contributed by atoms with Crippen LogP contribution in [0.5, 0.6) is 0 Å². The fraction of sp³-hybridized carbons (Fsp3) is 0.875. The van der Waals surface area contributed by atoms with Crippen LogP contribution in [0.15, 0.2) is 24.3 Å². The molecule has 0 saturated heterocycles. The zero-order valence-electron chi connectivity index (χ0n) is 38.5. The summed E-state index contributed by atoms with van der Waals surface area (Å²) in [7, 11) is 1.17. The standard InChI is InChI=1S/C48H92NO8P/c1-6-8-10-12-14-16-18-20-21-22-23-24-25-26-27-29-31-33-35-37-39-41-48(51)57-46(45-56-58(52,53)55-43-42-49(3,4)5)44-54-47(50)40-38-36-34-32-30-28-19-17-15-13-11-9-7-2/h17,19-21,46H,6-16,18,22-45H2,1-5H3/b19-17+,21-20+/t46-/m1/s1. The molecule has 9 nitrogen and oxygen atoms in total. The molecule has 0 heterocycles. The number of allylic oxidation sites excluding steroid dienone is 4. The van der Waals surface area contributed by atoms with Gasteiger partial charge in [0.1, 0.15) is 19.8 Å². The molecule has 342 valence electrons. The van der Waals surface area contributed by atoms with Crippen LogP contribution in [0.1, 0.15) is 219 Å². The topological polar surface area (TPSA) is 111 Å². The van der Waals surface area contributed by atoms with Crippen molar-refractivity contribution in [1.29, 1.82) is 0 Å². The largest absolute Gasteiger partial charge is 0.756 e. The third kappa shape index (κ3) is 44.1. The molecule has 0 amide bonds.